The van der Waals surface area contributed by atoms with Gasteiger partial charge in [-0.05, 0) is 52.3 Å². The summed E-state index contributed by atoms with van der Waals surface area (Å²) in [5, 5.41) is 33.0. The minimum atomic E-state index is -0.710. The van der Waals surface area contributed by atoms with Crippen LogP contribution in [0.25, 0.3) is 10.8 Å². The van der Waals surface area contributed by atoms with Gasteiger partial charge >= 0.3 is 0 Å². The fourth-order valence-corrected chi connectivity index (χ4v) is 3.64. The van der Waals surface area contributed by atoms with E-state index < -0.39 is 12.2 Å². The van der Waals surface area contributed by atoms with Crippen molar-refractivity contribution in [1.29, 1.82) is 0 Å². The number of aliphatic hydroxyl groups excluding tert-OH is 2. The fourth-order valence-electron chi connectivity index (χ4n) is 3.64. The summed E-state index contributed by atoms with van der Waals surface area (Å²) >= 11 is 0. The molecule has 0 radical (unpaired) electrons. The van der Waals surface area contributed by atoms with Crippen molar-refractivity contribution in [3.8, 4) is 11.5 Å². The molecule has 3 rings (SSSR count). The number of fused-ring (bicyclic) bond motifs is 1. The lowest BCUT2D eigenvalue weighted by Gasteiger charge is -2.16. The normalized spacial score (nSPS) is 13.0. The molecule has 0 spiro atoms. The number of phenolic OH excluding ortho intramolecular Hbond substituents is 1. The van der Waals surface area contributed by atoms with E-state index in [-0.39, 0.29) is 11.7 Å². The molecule has 0 saturated carbocycles. The van der Waals surface area contributed by atoms with Crippen molar-refractivity contribution in [3.05, 3.63) is 89.2 Å². The monoisotopic (exact) mass is 418 g/mol. The molecule has 4 nitrogen and oxygen atoms in total. The van der Waals surface area contributed by atoms with Gasteiger partial charge in [0, 0.05) is 18.2 Å². The van der Waals surface area contributed by atoms with Gasteiger partial charge in [-0.3, -0.25) is 0 Å². The van der Waals surface area contributed by atoms with E-state index in [9.17, 15) is 15.3 Å². The molecule has 0 aliphatic carbocycles. The minimum Gasteiger partial charge on any atom is -0.507 e. The number of methoxy groups -OCH3 is 1. The number of hydrogen-bond donors (Lipinski definition) is 3. The molecule has 3 aromatic rings. The number of phenols is 1. The first-order chi connectivity index (χ1) is 14.9. The lowest BCUT2D eigenvalue weighted by molar-refractivity contribution is 0.175. The Morgan fingerprint density at radius 2 is 1.61 bits per heavy atom. The highest BCUT2D eigenvalue weighted by atomic mass is 16.5. The summed E-state index contributed by atoms with van der Waals surface area (Å²) in [6, 6.07) is 18.3. The maximum atomic E-state index is 10.7. The first-order valence-corrected chi connectivity index (χ1v) is 10.5. The number of rotatable bonds is 8. The molecule has 0 saturated heterocycles. The second-order valence-corrected chi connectivity index (χ2v) is 7.99. The highest BCUT2D eigenvalue weighted by Crippen LogP contribution is 2.32. The van der Waals surface area contributed by atoms with Gasteiger partial charge in [-0.15, -0.1) is 5.73 Å². The van der Waals surface area contributed by atoms with Crippen LogP contribution in [-0.2, 0) is 0 Å². The van der Waals surface area contributed by atoms with Crippen molar-refractivity contribution in [2.24, 2.45) is 5.92 Å². The zero-order valence-corrected chi connectivity index (χ0v) is 18.2. The van der Waals surface area contributed by atoms with Crippen LogP contribution in [0.1, 0.15) is 50.0 Å². The van der Waals surface area contributed by atoms with E-state index in [4.69, 9.17) is 4.74 Å². The Kier molecular flexibility index (Phi) is 7.54. The molecule has 0 aromatic heterocycles. The molecular formula is C27H30O4. The van der Waals surface area contributed by atoms with Crippen LogP contribution in [0.15, 0.2) is 78.0 Å². The van der Waals surface area contributed by atoms with Gasteiger partial charge in [0.05, 0.1) is 19.3 Å². The summed E-state index contributed by atoms with van der Waals surface area (Å²) < 4.78 is 5.17. The molecule has 0 aliphatic rings. The third-order valence-electron chi connectivity index (χ3n) is 5.53. The molecule has 31 heavy (non-hydrogen) atoms. The number of aromatic hydroxyl groups is 1. The first kappa shape index (κ1) is 22.6. The fraction of sp³-hybridized carbons (Fsp3) is 0.296. The van der Waals surface area contributed by atoms with Crippen LogP contribution in [-0.4, -0.2) is 22.4 Å². The smallest absolute Gasteiger partial charge is 0.123 e. The van der Waals surface area contributed by atoms with Gasteiger partial charge < -0.3 is 20.1 Å². The van der Waals surface area contributed by atoms with Gasteiger partial charge in [0.15, 0.2) is 0 Å². The van der Waals surface area contributed by atoms with Gasteiger partial charge in [0.1, 0.15) is 11.5 Å². The second kappa shape index (κ2) is 10.3. The van der Waals surface area contributed by atoms with Gasteiger partial charge in [-0.2, -0.15) is 0 Å². The van der Waals surface area contributed by atoms with E-state index in [1.54, 1.807) is 19.2 Å². The summed E-state index contributed by atoms with van der Waals surface area (Å²) in [7, 11) is 1.62. The van der Waals surface area contributed by atoms with E-state index in [0.717, 1.165) is 33.2 Å². The van der Waals surface area contributed by atoms with Crippen LogP contribution < -0.4 is 4.74 Å². The van der Waals surface area contributed by atoms with E-state index in [1.165, 1.54) is 0 Å². The van der Waals surface area contributed by atoms with Crippen molar-refractivity contribution in [2.45, 2.75) is 38.9 Å². The first-order valence-electron chi connectivity index (χ1n) is 10.5. The molecule has 0 aliphatic heterocycles. The molecule has 3 N–H and O–H groups in total. The number of aliphatic hydroxyl groups is 2. The maximum absolute atomic E-state index is 10.7. The zero-order valence-electron chi connectivity index (χ0n) is 18.2. The highest BCUT2D eigenvalue weighted by Gasteiger charge is 2.14. The summed E-state index contributed by atoms with van der Waals surface area (Å²) in [5.74, 6) is 1.18. The van der Waals surface area contributed by atoms with E-state index in [0.29, 0.717) is 12.8 Å². The lowest BCUT2D eigenvalue weighted by atomic mass is 9.94. The Morgan fingerprint density at radius 3 is 2.26 bits per heavy atom. The Balaban J connectivity index is 1.76. The summed E-state index contributed by atoms with van der Waals surface area (Å²) in [6.45, 7) is 4.14. The summed E-state index contributed by atoms with van der Waals surface area (Å²) in [4.78, 5) is 0. The largest absolute Gasteiger partial charge is 0.507 e. The van der Waals surface area contributed by atoms with Gasteiger partial charge in [0.25, 0.3) is 0 Å². The van der Waals surface area contributed by atoms with E-state index >= 15 is 0 Å². The minimum absolute atomic E-state index is 0.205. The Bertz CT molecular complexity index is 1080. The standard InChI is InChI=1S/C27H30O4/c1-18(2)20(17-27(30)19-11-13-21(31-3)14-12-19)7-6-10-25(28)24-15-16-26(29)23-9-5-4-8-22(23)24/h4-6,8-9,11-16,18,25,27-30H,10,17H2,1-3H3/t7?,25-,27-/m1/s1. The Hall–Kier alpha value is -3.04. The van der Waals surface area contributed by atoms with Crippen molar-refractivity contribution in [2.75, 3.05) is 7.11 Å². The maximum Gasteiger partial charge on any atom is 0.123 e. The predicted octanol–water partition coefficient (Wildman–Crippen LogP) is 5.84. The third kappa shape index (κ3) is 5.56. The quantitative estimate of drug-likeness (QED) is 0.402. The Morgan fingerprint density at radius 1 is 0.935 bits per heavy atom. The molecule has 2 atom stereocenters. The predicted molar refractivity (Wildman–Crippen MR) is 124 cm³/mol. The summed E-state index contributed by atoms with van der Waals surface area (Å²) in [5.41, 5.74) is 5.90. The third-order valence-corrected chi connectivity index (χ3v) is 5.53. The molecule has 0 fully saturated rings. The SMILES string of the molecule is COc1ccc([C@H](O)CC(=C=CC[C@@H](O)c2ccc(O)c3ccccc23)C(C)C)cc1. The van der Waals surface area contributed by atoms with Crippen LogP contribution in [0.2, 0.25) is 0 Å². The van der Waals surface area contributed by atoms with E-state index in [2.05, 4.69) is 19.6 Å². The van der Waals surface area contributed by atoms with E-state index in [1.807, 2.05) is 54.6 Å². The number of benzene rings is 3. The molecule has 3 aromatic carbocycles. The van der Waals surface area contributed by atoms with Crippen molar-refractivity contribution >= 4 is 10.8 Å². The molecule has 162 valence electrons. The average molecular weight is 419 g/mol. The molecule has 0 heterocycles. The highest BCUT2D eigenvalue weighted by molar-refractivity contribution is 5.91. The van der Waals surface area contributed by atoms with Gasteiger partial charge in [-0.25, -0.2) is 0 Å². The number of ether oxygens (including phenoxy) is 1. The Labute approximate surface area is 183 Å². The molecule has 0 unspecified atom stereocenters. The average Bonchev–Trinajstić information content (AvgIpc) is 2.78. The molecular weight excluding hydrogens is 388 g/mol. The molecule has 4 heteroatoms. The molecule has 0 amide bonds. The van der Waals surface area contributed by atoms with Crippen LogP contribution >= 0.6 is 0 Å². The van der Waals surface area contributed by atoms with Gasteiger partial charge in [-0.1, -0.05) is 56.3 Å². The zero-order chi connectivity index (χ0) is 22.4. The topological polar surface area (TPSA) is 69.9 Å². The van der Waals surface area contributed by atoms with Crippen LogP contribution in [0.4, 0.5) is 0 Å². The van der Waals surface area contributed by atoms with Crippen LogP contribution in [0, 0.1) is 5.92 Å². The van der Waals surface area contributed by atoms with Gasteiger partial charge in [0.2, 0.25) is 0 Å². The second-order valence-electron chi connectivity index (χ2n) is 7.99. The van der Waals surface area contributed by atoms with Crippen molar-refractivity contribution in [1.82, 2.24) is 0 Å². The van der Waals surface area contributed by atoms with Crippen molar-refractivity contribution in [3.63, 3.8) is 0 Å². The molecule has 0 bridgehead atoms. The summed E-state index contributed by atoms with van der Waals surface area (Å²) in [6.07, 6.45) is 1.36. The van der Waals surface area contributed by atoms with Crippen LogP contribution in [0.5, 0.6) is 11.5 Å². The number of hydrogen-bond acceptors (Lipinski definition) is 4. The lowest BCUT2D eigenvalue weighted by Crippen LogP contribution is -2.03. The van der Waals surface area contributed by atoms with Crippen molar-refractivity contribution < 1.29 is 20.1 Å². The van der Waals surface area contributed by atoms with Crippen LogP contribution in [0.3, 0.4) is 0 Å².